The smallest absolute Gasteiger partial charge is 0.274 e. The van der Waals surface area contributed by atoms with Gasteiger partial charge in [0.25, 0.3) is 5.56 Å². The second-order valence-electron chi connectivity index (χ2n) is 7.92. The van der Waals surface area contributed by atoms with Crippen LogP contribution in [0.4, 0.5) is 0 Å². The molecule has 1 N–H and O–H groups in total. The summed E-state index contributed by atoms with van der Waals surface area (Å²) >= 11 is 0. The summed E-state index contributed by atoms with van der Waals surface area (Å²) in [6, 6.07) is 21.5. The largest absolute Gasteiger partial charge is 0.389 e. The van der Waals surface area contributed by atoms with Crippen molar-refractivity contribution in [1.82, 2.24) is 14.2 Å². The van der Waals surface area contributed by atoms with E-state index in [-0.39, 0.29) is 18.3 Å². The molecule has 0 bridgehead atoms. The summed E-state index contributed by atoms with van der Waals surface area (Å²) in [5.41, 5.74) is 5.28. The number of aliphatic hydroxyl groups is 1. The quantitative estimate of drug-likeness (QED) is 0.499. The fraction of sp³-hybridized carbons (Fsp3) is 0.280. The maximum Gasteiger partial charge on any atom is 0.274 e. The van der Waals surface area contributed by atoms with Crippen LogP contribution in [-0.2, 0) is 11.3 Å². The average Bonchev–Trinajstić information content (AvgIpc) is 3.15. The Morgan fingerprint density at radius 1 is 1.00 bits per heavy atom. The third kappa shape index (κ3) is 4.45. The van der Waals surface area contributed by atoms with E-state index in [9.17, 15) is 9.90 Å². The summed E-state index contributed by atoms with van der Waals surface area (Å²) in [7, 11) is 0. The molecule has 4 rings (SSSR count). The van der Waals surface area contributed by atoms with Crippen LogP contribution in [0.25, 0.3) is 5.65 Å². The van der Waals surface area contributed by atoms with Crippen molar-refractivity contribution in [2.45, 2.75) is 39.5 Å². The van der Waals surface area contributed by atoms with Crippen LogP contribution < -0.4 is 5.56 Å². The van der Waals surface area contributed by atoms with Crippen molar-refractivity contribution >= 4 is 5.65 Å². The van der Waals surface area contributed by atoms with E-state index in [4.69, 9.17) is 4.74 Å². The zero-order valence-corrected chi connectivity index (χ0v) is 18.0. The summed E-state index contributed by atoms with van der Waals surface area (Å²) in [4.78, 5) is 12.2. The molecule has 2 aromatic carbocycles. The highest BCUT2D eigenvalue weighted by Crippen LogP contribution is 2.28. The number of ether oxygens (including phenoxy) is 1. The SMILES string of the molecule is Cc1cc2n(C[C@@H](O)CO[C@@H](c3ccccc3)c3ccccc3C)c(C)cc(=O)n2n1. The maximum atomic E-state index is 12.2. The predicted molar refractivity (Wildman–Crippen MR) is 120 cm³/mol. The fourth-order valence-electron chi connectivity index (χ4n) is 3.92. The van der Waals surface area contributed by atoms with Gasteiger partial charge in [0.15, 0.2) is 0 Å². The number of hydrogen-bond acceptors (Lipinski definition) is 4. The number of aromatic nitrogens is 3. The number of hydrogen-bond donors (Lipinski definition) is 1. The van der Waals surface area contributed by atoms with Gasteiger partial charge < -0.3 is 14.4 Å². The Balaban J connectivity index is 1.57. The molecule has 0 unspecified atom stereocenters. The fourth-order valence-corrected chi connectivity index (χ4v) is 3.92. The molecule has 2 heterocycles. The number of aliphatic hydroxyl groups excluding tert-OH is 1. The molecule has 31 heavy (non-hydrogen) atoms. The summed E-state index contributed by atoms with van der Waals surface area (Å²) in [5.74, 6) is 0. The molecule has 0 amide bonds. The lowest BCUT2D eigenvalue weighted by Crippen LogP contribution is -2.27. The van der Waals surface area contributed by atoms with Crippen LogP contribution in [0.1, 0.15) is 34.2 Å². The Kier molecular flexibility index (Phi) is 6.02. The first-order valence-electron chi connectivity index (χ1n) is 10.4. The van der Waals surface area contributed by atoms with Crippen molar-refractivity contribution in [3.8, 4) is 0 Å². The van der Waals surface area contributed by atoms with Gasteiger partial charge in [-0.1, -0.05) is 54.6 Å². The highest BCUT2D eigenvalue weighted by molar-refractivity contribution is 5.41. The van der Waals surface area contributed by atoms with Crippen LogP contribution in [0.15, 0.2) is 71.5 Å². The molecule has 0 aliphatic heterocycles. The molecule has 160 valence electrons. The molecule has 0 fully saturated rings. The molecular weight excluding hydrogens is 390 g/mol. The van der Waals surface area contributed by atoms with Crippen molar-refractivity contribution in [3.05, 3.63) is 105 Å². The molecule has 0 spiro atoms. The van der Waals surface area contributed by atoms with Crippen molar-refractivity contribution in [2.75, 3.05) is 6.61 Å². The number of benzene rings is 2. The maximum absolute atomic E-state index is 12.2. The van der Waals surface area contributed by atoms with E-state index in [1.54, 1.807) is 0 Å². The van der Waals surface area contributed by atoms with Gasteiger partial charge in [0.2, 0.25) is 0 Å². The molecule has 0 radical (unpaired) electrons. The lowest BCUT2D eigenvalue weighted by atomic mass is 9.97. The molecule has 0 aliphatic carbocycles. The molecule has 4 aromatic rings. The molecule has 2 atom stereocenters. The third-order valence-electron chi connectivity index (χ3n) is 5.48. The van der Waals surface area contributed by atoms with Gasteiger partial charge >= 0.3 is 0 Å². The molecule has 6 nitrogen and oxygen atoms in total. The Morgan fingerprint density at radius 2 is 1.71 bits per heavy atom. The number of nitrogens with zero attached hydrogens (tertiary/aromatic N) is 3. The zero-order valence-electron chi connectivity index (χ0n) is 18.0. The van der Waals surface area contributed by atoms with E-state index in [0.717, 1.165) is 28.1 Å². The van der Waals surface area contributed by atoms with Crippen molar-refractivity contribution < 1.29 is 9.84 Å². The van der Waals surface area contributed by atoms with E-state index in [2.05, 4.69) is 24.2 Å². The van der Waals surface area contributed by atoms with Gasteiger partial charge in [-0.3, -0.25) is 4.79 Å². The minimum absolute atomic E-state index is 0.152. The minimum atomic E-state index is -0.754. The van der Waals surface area contributed by atoms with E-state index in [0.29, 0.717) is 12.2 Å². The Bertz CT molecular complexity index is 1240. The monoisotopic (exact) mass is 417 g/mol. The molecule has 0 saturated heterocycles. The van der Waals surface area contributed by atoms with Gasteiger partial charge in [0.05, 0.1) is 24.9 Å². The molecule has 2 aromatic heterocycles. The first-order valence-corrected chi connectivity index (χ1v) is 10.4. The van der Waals surface area contributed by atoms with Crippen LogP contribution in [0.2, 0.25) is 0 Å². The normalized spacial score (nSPS) is 13.4. The molecule has 6 heteroatoms. The third-order valence-corrected chi connectivity index (χ3v) is 5.48. The van der Waals surface area contributed by atoms with Crippen LogP contribution in [0.5, 0.6) is 0 Å². The standard InChI is InChI=1S/C25H27N3O3/c1-17-9-7-8-12-22(17)25(20-10-5-4-6-11-20)31-16-21(29)15-27-19(3)14-24(30)28-23(27)13-18(2)26-28/h4-14,21,25,29H,15-16H2,1-3H3/t21-,25+/m1/s1. The summed E-state index contributed by atoms with van der Waals surface area (Å²) < 4.78 is 9.54. The van der Waals surface area contributed by atoms with Gasteiger partial charge in [0.1, 0.15) is 11.8 Å². The highest BCUT2D eigenvalue weighted by Gasteiger charge is 2.19. The van der Waals surface area contributed by atoms with Crippen molar-refractivity contribution in [3.63, 3.8) is 0 Å². The van der Waals surface area contributed by atoms with Gasteiger partial charge in [-0.15, -0.1) is 0 Å². The zero-order chi connectivity index (χ0) is 22.0. The number of fused-ring (bicyclic) bond motifs is 1. The van der Waals surface area contributed by atoms with Crippen LogP contribution in [0.3, 0.4) is 0 Å². The van der Waals surface area contributed by atoms with Crippen LogP contribution in [-0.4, -0.2) is 32.0 Å². The Labute approximate surface area is 181 Å². The first kappa shape index (κ1) is 21.0. The van der Waals surface area contributed by atoms with E-state index < -0.39 is 6.10 Å². The van der Waals surface area contributed by atoms with Crippen molar-refractivity contribution in [1.29, 1.82) is 0 Å². The average molecular weight is 418 g/mol. The lowest BCUT2D eigenvalue weighted by Gasteiger charge is -2.23. The lowest BCUT2D eigenvalue weighted by molar-refractivity contribution is -0.000672. The topological polar surface area (TPSA) is 68.8 Å². The Morgan fingerprint density at radius 3 is 2.45 bits per heavy atom. The summed E-state index contributed by atoms with van der Waals surface area (Å²) in [6.07, 6.45) is -1.03. The van der Waals surface area contributed by atoms with E-state index in [1.807, 2.05) is 66.9 Å². The second-order valence-corrected chi connectivity index (χ2v) is 7.92. The van der Waals surface area contributed by atoms with Gasteiger partial charge in [-0.05, 0) is 37.5 Å². The first-order chi connectivity index (χ1) is 14.9. The molecule has 0 aliphatic rings. The van der Waals surface area contributed by atoms with Gasteiger partial charge in [0, 0.05) is 17.8 Å². The van der Waals surface area contributed by atoms with Gasteiger partial charge in [-0.2, -0.15) is 9.61 Å². The minimum Gasteiger partial charge on any atom is -0.389 e. The number of rotatable bonds is 7. The van der Waals surface area contributed by atoms with E-state index >= 15 is 0 Å². The van der Waals surface area contributed by atoms with Gasteiger partial charge in [-0.25, -0.2) is 0 Å². The van der Waals surface area contributed by atoms with E-state index in [1.165, 1.54) is 10.6 Å². The molecule has 0 saturated carbocycles. The predicted octanol–water partition coefficient (Wildman–Crippen LogP) is 3.59. The summed E-state index contributed by atoms with van der Waals surface area (Å²) in [6.45, 7) is 6.22. The van der Waals surface area contributed by atoms with Crippen LogP contribution in [0, 0.1) is 20.8 Å². The Hall–Kier alpha value is -3.22. The summed E-state index contributed by atoms with van der Waals surface area (Å²) in [5, 5.41) is 15.1. The molecular formula is C25H27N3O3. The van der Waals surface area contributed by atoms with Crippen molar-refractivity contribution in [2.24, 2.45) is 0 Å². The number of aryl methyl sites for hydroxylation is 3. The van der Waals surface area contributed by atoms with Crippen LogP contribution >= 0.6 is 0 Å². The second kappa shape index (κ2) is 8.88. The highest BCUT2D eigenvalue weighted by atomic mass is 16.5.